The second-order valence-electron chi connectivity index (χ2n) is 7.54. The first kappa shape index (κ1) is 19.0. The molecular formula is C21H22N8O2. The van der Waals surface area contributed by atoms with E-state index in [0.29, 0.717) is 22.4 Å². The van der Waals surface area contributed by atoms with Crippen LogP contribution in [0.5, 0.6) is 5.88 Å². The molecule has 5 rings (SSSR count). The van der Waals surface area contributed by atoms with Crippen molar-refractivity contribution in [3.05, 3.63) is 69.1 Å². The molecule has 4 N–H and O–H groups in total. The van der Waals surface area contributed by atoms with Gasteiger partial charge in [0.15, 0.2) is 5.65 Å². The molecule has 0 amide bonds. The van der Waals surface area contributed by atoms with E-state index < -0.39 is 5.69 Å². The molecule has 0 bridgehead atoms. The minimum Gasteiger partial charge on any atom is -0.493 e. The summed E-state index contributed by atoms with van der Waals surface area (Å²) in [4.78, 5) is 30.3. The molecule has 1 saturated carbocycles. The Morgan fingerprint density at radius 2 is 2.10 bits per heavy atom. The topological polar surface area (TPSA) is 136 Å². The van der Waals surface area contributed by atoms with Crippen molar-refractivity contribution < 1.29 is 5.11 Å². The summed E-state index contributed by atoms with van der Waals surface area (Å²) in [5.41, 5.74) is 1.91. The molecule has 1 atom stereocenters. The summed E-state index contributed by atoms with van der Waals surface area (Å²) in [7, 11) is 0. The van der Waals surface area contributed by atoms with Crippen molar-refractivity contribution in [2.24, 2.45) is 4.99 Å². The molecule has 1 aliphatic carbocycles. The molecule has 0 aliphatic heterocycles. The van der Waals surface area contributed by atoms with Crippen LogP contribution in [0.3, 0.4) is 0 Å². The second-order valence-corrected chi connectivity index (χ2v) is 7.54. The molecule has 0 saturated heterocycles. The van der Waals surface area contributed by atoms with Gasteiger partial charge in [0.2, 0.25) is 11.8 Å². The summed E-state index contributed by atoms with van der Waals surface area (Å²) in [6.45, 7) is 2.10. The molecule has 1 unspecified atom stereocenters. The molecule has 10 nitrogen and oxygen atoms in total. The SMILES string of the molecule is CCC(Nc1nc(=NC2CC2)n2ncc(=Cc3[nH]c(=O)[nH]c3O)c2n1)c1ccccc1. The molecular weight excluding hydrogens is 396 g/mol. The van der Waals surface area contributed by atoms with Crippen LogP contribution in [0.25, 0.3) is 11.7 Å². The number of nitrogens with zero attached hydrogens (tertiary/aromatic N) is 5. The van der Waals surface area contributed by atoms with Gasteiger partial charge in [0.25, 0.3) is 5.62 Å². The number of aromatic amines is 2. The summed E-state index contributed by atoms with van der Waals surface area (Å²) in [5.74, 6) is 0.208. The predicted octanol–water partition coefficient (Wildman–Crippen LogP) is 1.02. The zero-order valence-corrected chi connectivity index (χ0v) is 16.9. The quantitative estimate of drug-likeness (QED) is 0.369. The normalized spacial score (nSPS) is 16.2. The molecule has 0 radical (unpaired) electrons. The lowest BCUT2D eigenvalue weighted by molar-refractivity contribution is 0.454. The zero-order chi connectivity index (χ0) is 21.4. The Hall–Kier alpha value is -3.95. The van der Waals surface area contributed by atoms with Gasteiger partial charge in [-0.1, -0.05) is 37.3 Å². The fraction of sp³-hybridized carbons (Fsp3) is 0.286. The van der Waals surface area contributed by atoms with Gasteiger partial charge in [-0.2, -0.15) is 19.6 Å². The van der Waals surface area contributed by atoms with Gasteiger partial charge in [0.1, 0.15) is 5.69 Å². The third-order valence-corrected chi connectivity index (χ3v) is 5.17. The van der Waals surface area contributed by atoms with E-state index in [4.69, 9.17) is 0 Å². The lowest BCUT2D eigenvalue weighted by atomic mass is 10.1. The largest absolute Gasteiger partial charge is 0.493 e. The maximum atomic E-state index is 11.5. The number of imidazole rings is 1. The highest BCUT2D eigenvalue weighted by Crippen LogP contribution is 2.23. The highest BCUT2D eigenvalue weighted by Gasteiger charge is 2.21. The van der Waals surface area contributed by atoms with Crippen LogP contribution < -0.4 is 21.8 Å². The van der Waals surface area contributed by atoms with E-state index in [2.05, 4.69) is 54.4 Å². The van der Waals surface area contributed by atoms with Crippen molar-refractivity contribution in [3.8, 4) is 5.88 Å². The van der Waals surface area contributed by atoms with E-state index in [1.165, 1.54) is 0 Å². The van der Waals surface area contributed by atoms with Gasteiger partial charge >= 0.3 is 5.69 Å². The molecule has 3 heterocycles. The molecule has 1 fully saturated rings. The van der Waals surface area contributed by atoms with Crippen molar-refractivity contribution in [1.29, 1.82) is 0 Å². The minimum atomic E-state index is -0.490. The molecule has 4 aromatic rings. The predicted molar refractivity (Wildman–Crippen MR) is 114 cm³/mol. The number of aromatic nitrogens is 6. The van der Waals surface area contributed by atoms with Gasteiger partial charge in [-0.15, -0.1) is 0 Å². The number of rotatable bonds is 6. The average molecular weight is 418 g/mol. The Labute approximate surface area is 176 Å². The van der Waals surface area contributed by atoms with Crippen molar-refractivity contribution >= 4 is 17.7 Å². The highest BCUT2D eigenvalue weighted by molar-refractivity contribution is 5.57. The lowest BCUT2D eigenvalue weighted by Gasteiger charge is -2.17. The number of hydrogen-bond acceptors (Lipinski definition) is 7. The monoisotopic (exact) mass is 418 g/mol. The number of nitrogens with one attached hydrogen (secondary N) is 3. The smallest absolute Gasteiger partial charge is 0.326 e. The third kappa shape index (κ3) is 3.91. The van der Waals surface area contributed by atoms with Gasteiger partial charge < -0.3 is 15.4 Å². The molecule has 1 aromatic carbocycles. The van der Waals surface area contributed by atoms with Crippen molar-refractivity contribution in [2.75, 3.05) is 5.32 Å². The number of hydrogen-bond donors (Lipinski definition) is 4. The first-order chi connectivity index (χ1) is 15.1. The molecule has 31 heavy (non-hydrogen) atoms. The van der Waals surface area contributed by atoms with E-state index in [1.54, 1.807) is 16.8 Å². The van der Waals surface area contributed by atoms with Crippen molar-refractivity contribution in [3.63, 3.8) is 0 Å². The van der Waals surface area contributed by atoms with Gasteiger partial charge in [0, 0.05) is 5.22 Å². The highest BCUT2D eigenvalue weighted by atomic mass is 16.3. The second kappa shape index (κ2) is 7.71. The van der Waals surface area contributed by atoms with Crippen LogP contribution in [0.4, 0.5) is 5.95 Å². The van der Waals surface area contributed by atoms with Gasteiger partial charge in [-0.05, 0) is 30.9 Å². The number of benzene rings is 1. The van der Waals surface area contributed by atoms with E-state index in [9.17, 15) is 9.90 Å². The van der Waals surface area contributed by atoms with E-state index >= 15 is 0 Å². The van der Waals surface area contributed by atoms with Gasteiger partial charge in [-0.25, -0.2) is 9.79 Å². The summed E-state index contributed by atoms with van der Waals surface area (Å²) in [5, 5.41) is 18.3. The van der Waals surface area contributed by atoms with Crippen LogP contribution in [0.15, 0.2) is 46.3 Å². The molecule has 0 spiro atoms. The van der Waals surface area contributed by atoms with Crippen LogP contribution >= 0.6 is 0 Å². The minimum absolute atomic E-state index is 0.0397. The Kier molecular flexibility index (Phi) is 4.73. The Morgan fingerprint density at radius 1 is 1.29 bits per heavy atom. The van der Waals surface area contributed by atoms with Crippen LogP contribution in [-0.4, -0.2) is 40.7 Å². The van der Waals surface area contributed by atoms with Crippen LogP contribution in [0.2, 0.25) is 0 Å². The third-order valence-electron chi connectivity index (χ3n) is 5.17. The molecule has 3 aromatic heterocycles. The number of H-pyrrole nitrogens is 2. The van der Waals surface area contributed by atoms with E-state index in [0.717, 1.165) is 24.8 Å². The van der Waals surface area contributed by atoms with Crippen molar-refractivity contribution in [1.82, 2.24) is 29.5 Å². The summed E-state index contributed by atoms with van der Waals surface area (Å²) >= 11 is 0. The first-order valence-electron chi connectivity index (χ1n) is 10.2. The van der Waals surface area contributed by atoms with E-state index in [-0.39, 0.29) is 23.7 Å². The Bertz CT molecular complexity index is 1400. The zero-order valence-electron chi connectivity index (χ0n) is 16.9. The van der Waals surface area contributed by atoms with Gasteiger partial charge in [0.05, 0.1) is 18.3 Å². The summed E-state index contributed by atoms with van der Waals surface area (Å²) < 4.78 is 1.58. The van der Waals surface area contributed by atoms with E-state index in [1.807, 2.05) is 18.2 Å². The number of aromatic hydroxyl groups is 1. The lowest BCUT2D eigenvalue weighted by Crippen LogP contribution is -2.25. The van der Waals surface area contributed by atoms with Crippen LogP contribution in [0, 0.1) is 0 Å². The fourth-order valence-electron chi connectivity index (χ4n) is 3.41. The number of anilines is 1. The Morgan fingerprint density at radius 3 is 2.77 bits per heavy atom. The maximum Gasteiger partial charge on any atom is 0.326 e. The van der Waals surface area contributed by atoms with Gasteiger partial charge in [-0.3, -0.25) is 4.98 Å². The molecule has 1 aliphatic rings. The molecule has 10 heteroatoms. The first-order valence-corrected chi connectivity index (χ1v) is 10.2. The number of fused-ring (bicyclic) bond motifs is 1. The molecule has 158 valence electrons. The summed E-state index contributed by atoms with van der Waals surface area (Å²) in [6.07, 6.45) is 6.15. The van der Waals surface area contributed by atoms with Crippen LogP contribution in [0.1, 0.15) is 43.5 Å². The van der Waals surface area contributed by atoms with Crippen LogP contribution in [-0.2, 0) is 0 Å². The standard InChI is InChI=1S/C21H22N8O2/c1-2-15(12-6-4-3-5-7-12)24-19-26-17-13(10-16-18(30)27-21(31)25-16)11-22-29(17)20(28-19)23-14-8-9-14/h3-7,10-11,14-15,30H,2,8-9H2,1H3,(H,23,24,28)(H2,25,27,31). The maximum absolute atomic E-state index is 11.5. The average Bonchev–Trinajstić information content (AvgIpc) is 3.41. The fourth-order valence-corrected chi connectivity index (χ4v) is 3.41. The Balaban J connectivity index is 1.64. The summed E-state index contributed by atoms with van der Waals surface area (Å²) in [6, 6.07) is 10.4. The van der Waals surface area contributed by atoms with Crippen molar-refractivity contribution in [2.45, 2.75) is 38.3 Å².